The van der Waals surface area contributed by atoms with E-state index < -0.39 is 6.10 Å². The van der Waals surface area contributed by atoms with E-state index in [-0.39, 0.29) is 0 Å². The van der Waals surface area contributed by atoms with E-state index in [0.717, 1.165) is 13.1 Å². The minimum atomic E-state index is -0.779. The number of aliphatic hydroxyl groups is 1. The molecule has 1 atom stereocenters. The molecule has 0 amide bonds. The summed E-state index contributed by atoms with van der Waals surface area (Å²) in [7, 11) is 1.56. The molecule has 90 valence electrons. The second-order valence-electron chi connectivity index (χ2n) is 3.26. The summed E-state index contributed by atoms with van der Waals surface area (Å²) in [6, 6.07) is 5.42. The lowest BCUT2D eigenvalue weighted by Gasteiger charge is -2.11. The fourth-order valence-electron chi connectivity index (χ4n) is 1.41. The van der Waals surface area contributed by atoms with Gasteiger partial charge in [0.25, 0.3) is 0 Å². The third-order valence-corrected chi connectivity index (χ3v) is 5.52. The topological polar surface area (TPSA) is 42.4 Å². The Morgan fingerprint density at radius 3 is 2.82 bits per heavy atom. The highest BCUT2D eigenvalue weighted by molar-refractivity contribution is 9.13. The minimum Gasteiger partial charge on any atom is -0.495 e. The number of hydrogen-bond acceptors (Lipinski definition) is 4. The van der Waals surface area contributed by atoms with Gasteiger partial charge in [0, 0.05) is 15.5 Å². The maximum Gasteiger partial charge on any atom is 0.143 e. The number of aromatic nitrogens is 1. The van der Waals surface area contributed by atoms with Crippen molar-refractivity contribution in [1.82, 2.24) is 4.98 Å². The maximum atomic E-state index is 10.3. The first-order valence-corrected chi connectivity index (χ1v) is 7.15. The molecule has 3 nitrogen and oxygen atoms in total. The summed E-state index contributed by atoms with van der Waals surface area (Å²) in [6.07, 6.45) is 0.859. The molecule has 0 aliphatic heterocycles. The van der Waals surface area contributed by atoms with Crippen LogP contribution in [-0.2, 0) is 0 Å². The van der Waals surface area contributed by atoms with Crippen LogP contribution in [0.15, 0.2) is 32.7 Å². The molecule has 0 fully saturated rings. The summed E-state index contributed by atoms with van der Waals surface area (Å²) in [5.41, 5.74) is 0.524. The van der Waals surface area contributed by atoms with Crippen LogP contribution in [0.5, 0.6) is 5.75 Å². The number of ether oxygens (including phenoxy) is 1. The smallest absolute Gasteiger partial charge is 0.143 e. The highest BCUT2D eigenvalue weighted by Crippen LogP contribution is 2.38. The van der Waals surface area contributed by atoms with E-state index >= 15 is 0 Å². The Bertz CT molecular complexity index is 510. The van der Waals surface area contributed by atoms with Crippen LogP contribution < -0.4 is 4.74 Å². The Balaban J connectivity index is 2.39. The van der Waals surface area contributed by atoms with Crippen LogP contribution in [0, 0.1) is 0 Å². The number of nitrogens with zero attached hydrogens (tertiary/aromatic N) is 1. The van der Waals surface area contributed by atoms with Gasteiger partial charge in [0.15, 0.2) is 0 Å². The average Bonchev–Trinajstić information content (AvgIpc) is 2.68. The molecular weight excluding hydrogens is 370 g/mol. The van der Waals surface area contributed by atoms with E-state index in [0.29, 0.717) is 11.4 Å². The molecular formula is C11H9Br2NO2S. The number of hydrogen-bond donors (Lipinski definition) is 1. The van der Waals surface area contributed by atoms with Gasteiger partial charge >= 0.3 is 0 Å². The van der Waals surface area contributed by atoms with E-state index in [1.165, 1.54) is 11.3 Å². The molecule has 2 aromatic rings. The van der Waals surface area contributed by atoms with Gasteiger partial charge in [-0.25, -0.2) is 0 Å². The van der Waals surface area contributed by atoms with Crippen molar-refractivity contribution in [2.75, 3.05) is 7.11 Å². The van der Waals surface area contributed by atoms with Crippen LogP contribution >= 0.6 is 43.2 Å². The van der Waals surface area contributed by atoms with E-state index in [4.69, 9.17) is 4.74 Å². The van der Waals surface area contributed by atoms with Gasteiger partial charge in [-0.3, -0.25) is 4.98 Å². The SMILES string of the molecule is COc1cccnc1C(O)c1cc(Br)c(Br)s1. The van der Waals surface area contributed by atoms with E-state index in [9.17, 15) is 5.11 Å². The van der Waals surface area contributed by atoms with Crippen LogP contribution in [0.3, 0.4) is 0 Å². The number of thiophene rings is 1. The number of rotatable bonds is 3. The van der Waals surface area contributed by atoms with Crippen molar-refractivity contribution in [3.05, 3.63) is 43.2 Å². The van der Waals surface area contributed by atoms with Crippen molar-refractivity contribution >= 4 is 43.2 Å². The Morgan fingerprint density at radius 2 is 2.24 bits per heavy atom. The predicted molar refractivity (Wildman–Crippen MR) is 74.6 cm³/mol. The number of aliphatic hydroxyl groups excluding tert-OH is 1. The Kier molecular flexibility index (Phi) is 4.19. The van der Waals surface area contributed by atoms with Crippen molar-refractivity contribution in [3.8, 4) is 5.75 Å². The van der Waals surface area contributed by atoms with Gasteiger partial charge in [0.2, 0.25) is 0 Å². The monoisotopic (exact) mass is 377 g/mol. The van der Waals surface area contributed by atoms with Crippen LogP contribution in [0.2, 0.25) is 0 Å². The van der Waals surface area contributed by atoms with Crippen LogP contribution in [-0.4, -0.2) is 17.2 Å². The lowest BCUT2D eigenvalue weighted by Crippen LogP contribution is -2.03. The lowest BCUT2D eigenvalue weighted by molar-refractivity contribution is 0.213. The fourth-order valence-corrected chi connectivity index (χ4v) is 3.49. The number of halogens is 2. The first kappa shape index (κ1) is 13.0. The molecule has 0 bridgehead atoms. The first-order valence-electron chi connectivity index (χ1n) is 4.75. The van der Waals surface area contributed by atoms with Crippen molar-refractivity contribution < 1.29 is 9.84 Å². The Morgan fingerprint density at radius 1 is 1.47 bits per heavy atom. The van der Waals surface area contributed by atoms with Gasteiger partial charge in [-0.15, -0.1) is 11.3 Å². The van der Waals surface area contributed by atoms with Gasteiger partial charge in [0.1, 0.15) is 17.5 Å². The molecule has 0 aliphatic carbocycles. The standard InChI is InChI=1S/C11H9Br2NO2S/c1-16-7-3-2-4-14-9(7)10(15)8-5-6(12)11(13)17-8/h2-5,10,15H,1H3. The summed E-state index contributed by atoms with van der Waals surface area (Å²) in [4.78, 5) is 4.97. The molecule has 1 unspecified atom stereocenters. The molecule has 0 radical (unpaired) electrons. The summed E-state index contributed by atoms with van der Waals surface area (Å²) in [6.45, 7) is 0. The second-order valence-corrected chi connectivity index (χ2v) is 6.52. The summed E-state index contributed by atoms with van der Waals surface area (Å²) in [5.74, 6) is 0.584. The molecule has 0 spiro atoms. The zero-order valence-corrected chi connectivity index (χ0v) is 12.8. The van der Waals surface area contributed by atoms with Gasteiger partial charge in [-0.05, 0) is 50.1 Å². The molecule has 0 saturated heterocycles. The summed E-state index contributed by atoms with van der Waals surface area (Å²) in [5, 5.41) is 10.3. The zero-order valence-electron chi connectivity index (χ0n) is 8.85. The quantitative estimate of drug-likeness (QED) is 0.884. The predicted octanol–water partition coefficient (Wildman–Crippen LogP) is 3.76. The third-order valence-electron chi connectivity index (χ3n) is 2.21. The van der Waals surface area contributed by atoms with Crippen LogP contribution in [0.1, 0.15) is 16.7 Å². The molecule has 17 heavy (non-hydrogen) atoms. The van der Waals surface area contributed by atoms with Gasteiger partial charge < -0.3 is 9.84 Å². The van der Waals surface area contributed by atoms with Crippen molar-refractivity contribution in [3.63, 3.8) is 0 Å². The summed E-state index contributed by atoms with van der Waals surface area (Å²) < 4.78 is 7.05. The Hall–Kier alpha value is -0.430. The second kappa shape index (κ2) is 5.48. The fraction of sp³-hybridized carbons (Fsp3) is 0.182. The molecule has 2 heterocycles. The average molecular weight is 379 g/mol. The van der Waals surface area contributed by atoms with Crippen molar-refractivity contribution in [1.29, 1.82) is 0 Å². The molecule has 2 rings (SSSR count). The molecule has 0 saturated carbocycles. The number of methoxy groups -OCH3 is 1. The van der Waals surface area contributed by atoms with E-state index in [2.05, 4.69) is 36.8 Å². The third kappa shape index (κ3) is 2.70. The van der Waals surface area contributed by atoms with E-state index in [1.807, 2.05) is 6.07 Å². The maximum absolute atomic E-state index is 10.3. The van der Waals surface area contributed by atoms with Crippen LogP contribution in [0.4, 0.5) is 0 Å². The summed E-state index contributed by atoms with van der Waals surface area (Å²) >= 11 is 8.26. The molecule has 2 aromatic heterocycles. The molecule has 6 heteroatoms. The molecule has 0 aromatic carbocycles. The zero-order chi connectivity index (χ0) is 12.4. The van der Waals surface area contributed by atoms with Crippen molar-refractivity contribution in [2.45, 2.75) is 6.10 Å². The van der Waals surface area contributed by atoms with Crippen molar-refractivity contribution in [2.24, 2.45) is 0 Å². The highest BCUT2D eigenvalue weighted by atomic mass is 79.9. The largest absolute Gasteiger partial charge is 0.495 e. The Labute approximate surface area is 120 Å². The normalized spacial score (nSPS) is 12.5. The van der Waals surface area contributed by atoms with E-state index in [1.54, 1.807) is 25.4 Å². The van der Waals surface area contributed by atoms with Crippen LogP contribution in [0.25, 0.3) is 0 Å². The van der Waals surface area contributed by atoms with Gasteiger partial charge in [-0.2, -0.15) is 0 Å². The van der Waals surface area contributed by atoms with Gasteiger partial charge in [0.05, 0.1) is 10.9 Å². The molecule has 0 aliphatic rings. The number of pyridine rings is 1. The minimum absolute atomic E-state index is 0.524. The molecule has 1 N–H and O–H groups in total. The van der Waals surface area contributed by atoms with Gasteiger partial charge in [-0.1, -0.05) is 0 Å². The highest BCUT2D eigenvalue weighted by Gasteiger charge is 2.19. The first-order chi connectivity index (χ1) is 8.13. The lowest BCUT2D eigenvalue weighted by atomic mass is 10.2.